The molecule has 0 radical (unpaired) electrons. The first-order chi connectivity index (χ1) is 16.7. The number of aryl methyl sites for hydroxylation is 1. The van der Waals surface area contributed by atoms with Crippen molar-refractivity contribution in [3.8, 4) is 0 Å². The standard InChI is InChI=1S/C25H27N7OS/c33-25(32-8-3-9-32)15-4-5-17-21(11-15)34-24-22(17)23(26-14-27-24)29-19-10-16-13-28-30-18(16)12-20(19)31-6-1-2-7-31/h10,12-15H,1-9,11H2,(H,28,30)(H,26,27,29)/t15-/m0/s1. The smallest absolute Gasteiger partial charge is 0.226 e. The van der Waals surface area contributed by atoms with Gasteiger partial charge in [-0.05, 0) is 56.2 Å². The lowest BCUT2D eigenvalue weighted by Gasteiger charge is -2.35. The van der Waals surface area contributed by atoms with Crippen molar-refractivity contribution in [1.82, 2.24) is 25.1 Å². The molecule has 2 aliphatic heterocycles. The summed E-state index contributed by atoms with van der Waals surface area (Å²) in [4.78, 5) is 28.9. The molecule has 1 amide bonds. The zero-order chi connectivity index (χ0) is 22.6. The highest BCUT2D eigenvalue weighted by Gasteiger charge is 2.33. The first-order valence-electron chi connectivity index (χ1n) is 12.3. The average Bonchev–Trinajstić information content (AvgIpc) is 3.56. The van der Waals surface area contributed by atoms with Crippen molar-refractivity contribution in [2.45, 2.75) is 38.5 Å². The van der Waals surface area contributed by atoms with Crippen molar-refractivity contribution < 1.29 is 4.79 Å². The predicted molar refractivity (Wildman–Crippen MR) is 135 cm³/mol. The third-order valence-electron chi connectivity index (χ3n) is 7.62. The van der Waals surface area contributed by atoms with Crippen LogP contribution in [0.1, 0.15) is 36.1 Å². The Morgan fingerprint density at radius 1 is 1.12 bits per heavy atom. The Bertz CT molecular complexity index is 1400. The molecular weight excluding hydrogens is 446 g/mol. The van der Waals surface area contributed by atoms with E-state index in [1.165, 1.54) is 29.0 Å². The molecule has 174 valence electrons. The van der Waals surface area contributed by atoms with Crippen molar-refractivity contribution in [3.63, 3.8) is 0 Å². The number of nitrogens with zero attached hydrogens (tertiary/aromatic N) is 5. The van der Waals surface area contributed by atoms with Crippen molar-refractivity contribution in [2.75, 3.05) is 36.4 Å². The molecule has 9 heteroatoms. The number of hydrogen-bond donors (Lipinski definition) is 2. The van der Waals surface area contributed by atoms with Gasteiger partial charge in [-0.15, -0.1) is 11.3 Å². The number of carbonyl (C=O) groups excluding carboxylic acids is 1. The van der Waals surface area contributed by atoms with Crippen molar-refractivity contribution >= 4 is 55.6 Å². The van der Waals surface area contributed by atoms with E-state index in [4.69, 9.17) is 4.98 Å². The second-order valence-electron chi connectivity index (χ2n) is 9.67. The van der Waals surface area contributed by atoms with Crippen LogP contribution in [0.15, 0.2) is 24.7 Å². The molecule has 1 atom stereocenters. The number of rotatable bonds is 4. The molecule has 1 aromatic carbocycles. The maximum Gasteiger partial charge on any atom is 0.226 e. The van der Waals surface area contributed by atoms with Gasteiger partial charge in [0.2, 0.25) is 5.91 Å². The van der Waals surface area contributed by atoms with Gasteiger partial charge in [0, 0.05) is 42.4 Å². The molecule has 3 aliphatic rings. The Labute approximate surface area is 201 Å². The van der Waals surface area contributed by atoms with Crippen LogP contribution in [-0.2, 0) is 17.6 Å². The Morgan fingerprint density at radius 2 is 2.00 bits per heavy atom. The minimum atomic E-state index is 0.107. The Balaban J connectivity index is 1.26. The second kappa shape index (κ2) is 7.94. The molecule has 8 nitrogen and oxygen atoms in total. The van der Waals surface area contributed by atoms with Gasteiger partial charge in [-0.1, -0.05) is 0 Å². The molecule has 7 rings (SSSR count). The summed E-state index contributed by atoms with van der Waals surface area (Å²) in [5, 5.41) is 13.2. The SMILES string of the molecule is O=C([C@H]1CCc2c(sc3ncnc(Nc4cc5cn[nH]c5cc4N4CCCC4)c23)C1)N1CCC1. The van der Waals surface area contributed by atoms with Gasteiger partial charge in [0.15, 0.2) is 0 Å². The highest BCUT2D eigenvalue weighted by molar-refractivity contribution is 7.19. The lowest BCUT2D eigenvalue weighted by atomic mass is 9.86. The number of likely N-dealkylation sites (tertiary alicyclic amines) is 1. The maximum absolute atomic E-state index is 12.8. The van der Waals surface area contributed by atoms with Crippen LogP contribution in [-0.4, -0.2) is 57.2 Å². The number of amides is 1. The van der Waals surface area contributed by atoms with E-state index >= 15 is 0 Å². The van der Waals surface area contributed by atoms with E-state index in [0.717, 1.165) is 84.5 Å². The zero-order valence-electron chi connectivity index (χ0n) is 19.0. The van der Waals surface area contributed by atoms with Gasteiger partial charge in [-0.3, -0.25) is 9.89 Å². The fourth-order valence-corrected chi connectivity index (χ4v) is 6.90. The van der Waals surface area contributed by atoms with Crippen molar-refractivity contribution in [2.24, 2.45) is 5.92 Å². The number of H-pyrrole nitrogens is 1. The van der Waals surface area contributed by atoms with Gasteiger partial charge in [0.05, 0.1) is 28.5 Å². The fraction of sp³-hybridized carbons (Fsp3) is 0.440. The van der Waals surface area contributed by atoms with Crippen molar-refractivity contribution in [3.05, 3.63) is 35.1 Å². The molecule has 2 saturated heterocycles. The maximum atomic E-state index is 12.8. The predicted octanol–water partition coefficient (Wildman–Crippen LogP) is 4.25. The first kappa shape index (κ1) is 20.2. The average molecular weight is 474 g/mol. The molecular formula is C25H27N7OS. The van der Waals surface area contributed by atoms with E-state index in [-0.39, 0.29) is 5.92 Å². The summed E-state index contributed by atoms with van der Waals surface area (Å²) in [6, 6.07) is 4.37. The lowest BCUT2D eigenvalue weighted by molar-refractivity contribution is -0.139. The van der Waals surface area contributed by atoms with Crippen LogP contribution in [0.4, 0.5) is 17.2 Å². The summed E-state index contributed by atoms with van der Waals surface area (Å²) in [6.07, 6.45) is 9.73. The molecule has 0 bridgehead atoms. The summed E-state index contributed by atoms with van der Waals surface area (Å²) < 4.78 is 0. The quantitative estimate of drug-likeness (QED) is 0.461. The van der Waals surface area contributed by atoms with Gasteiger partial charge in [0.1, 0.15) is 17.0 Å². The number of thiophene rings is 1. The second-order valence-corrected chi connectivity index (χ2v) is 10.8. The number of carbonyl (C=O) groups is 1. The van der Waals surface area contributed by atoms with Crippen LogP contribution in [0.3, 0.4) is 0 Å². The van der Waals surface area contributed by atoms with Gasteiger partial charge in [-0.2, -0.15) is 5.10 Å². The number of anilines is 3. The van der Waals surface area contributed by atoms with Crippen LogP contribution in [0, 0.1) is 5.92 Å². The Morgan fingerprint density at radius 3 is 2.82 bits per heavy atom. The van der Waals surface area contributed by atoms with E-state index in [0.29, 0.717) is 5.91 Å². The minimum Gasteiger partial charge on any atom is -0.370 e. The molecule has 0 saturated carbocycles. The zero-order valence-corrected chi connectivity index (χ0v) is 19.8. The van der Waals surface area contributed by atoms with Gasteiger partial charge in [-0.25, -0.2) is 9.97 Å². The number of aromatic nitrogens is 4. The monoisotopic (exact) mass is 473 g/mol. The van der Waals surface area contributed by atoms with Crippen LogP contribution in [0.25, 0.3) is 21.1 Å². The summed E-state index contributed by atoms with van der Waals surface area (Å²) in [5.41, 5.74) is 4.61. The van der Waals surface area contributed by atoms with Gasteiger partial charge >= 0.3 is 0 Å². The number of benzene rings is 1. The van der Waals surface area contributed by atoms with E-state index < -0.39 is 0 Å². The molecule has 0 unspecified atom stereocenters. The number of hydrogen-bond acceptors (Lipinski definition) is 7. The van der Waals surface area contributed by atoms with Crippen LogP contribution < -0.4 is 10.2 Å². The van der Waals surface area contributed by atoms with Crippen LogP contribution in [0.2, 0.25) is 0 Å². The molecule has 4 aromatic rings. The van der Waals surface area contributed by atoms with E-state index in [1.807, 2.05) is 11.1 Å². The van der Waals surface area contributed by atoms with E-state index in [1.54, 1.807) is 17.7 Å². The van der Waals surface area contributed by atoms with Gasteiger partial charge < -0.3 is 15.1 Å². The summed E-state index contributed by atoms with van der Waals surface area (Å²) in [7, 11) is 0. The molecule has 34 heavy (non-hydrogen) atoms. The number of aromatic amines is 1. The minimum absolute atomic E-state index is 0.107. The molecule has 1 aliphatic carbocycles. The highest BCUT2D eigenvalue weighted by Crippen LogP contribution is 2.42. The third-order valence-corrected chi connectivity index (χ3v) is 8.78. The molecule has 0 spiro atoms. The molecule has 2 fully saturated rings. The molecule has 3 aromatic heterocycles. The normalized spacial score (nSPS) is 20.1. The van der Waals surface area contributed by atoms with Crippen molar-refractivity contribution in [1.29, 1.82) is 0 Å². The summed E-state index contributed by atoms with van der Waals surface area (Å²) in [5.74, 6) is 1.30. The summed E-state index contributed by atoms with van der Waals surface area (Å²) in [6.45, 7) is 3.98. The molecule has 5 heterocycles. The van der Waals surface area contributed by atoms with Gasteiger partial charge in [0.25, 0.3) is 0 Å². The highest BCUT2D eigenvalue weighted by atomic mass is 32.1. The number of nitrogens with one attached hydrogen (secondary N) is 2. The fourth-order valence-electron chi connectivity index (χ4n) is 5.64. The van der Waals surface area contributed by atoms with E-state index in [2.05, 4.69) is 37.5 Å². The van der Waals surface area contributed by atoms with Crippen LogP contribution >= 0.6 is 11.3 Å². The first-order valence-corrected chi connectivity index (χ1v) is 13.1. The Kier molecular flexibility index (Phi) is 4.72. The topological polar surface area (TPSA) is 90.0 Å². The number of fused-ring (bicyclic) bond motifs is 4. The van der Waals surface area contributed by atoms with Crippen LogP contribution in [0.5, 0.6) is 0 Å². The third kappa shape index (κ3) is 3.25. The Hall–Kier alpha value is -3.20. The largest absolute Gasteiger partial charge is 0.370 e. The van der Waals surface area contributed by atoms with E-state index in [9.17, 15) is 4.79 Å². The lowest BCUT2D eigenvalue weighted by Crippen LogP contribution is -2.46. The summed E-state index contributed by atoms with van der Waals surface area (Å²) >= 11 is 1.73. The molecule has 2 N–H and O–H groups in total.